The maximum Gasteiger partial charge on any atom is 0.421 e. The second kappa shape index (κ2) is 7.82. The summed E-state index contributed by atoms with van der Waals surface area (Å²) in [6.07, 6.45) is -3.62. The van der Waals surface area contributed by atoms with Crippen molar-refractivity contribution in [2.45, 2.75) is 36.4 Å². The Balaban J connectivity index is 1.94. The third kappa shape index (κ3) is 5.10. The van der Waals surface area contributed by atoms with Gasteiger partial charge in [-0.15, -0.1) is 0 Å². The first-order valence-corrected chi connectivity index (χ1v) is 11.0. The Morgan fingerprint density at radius 3 is 2.43 bits per heavy atom. The number of hydrogen-bond donors (Lipinski definition) is 2. The van der Waals surface area contributed by atoms with Gasteiger partial charge in [0.25, 0.3) is 9.05 Å². The van der Waals surface area contributed by atoms with E-state index in [4.69, 9.17) is 10.7 Å². The molecule has 0 atom stereocenters. The molecule has 0 bridgehead atoms. The number of rotatable bonds is 4. The summed E-state index contributed by atoms with van der Waals surface area (Å²) in [5, 5.41) is 12.5. The third-order valence-electron chi connectivity index (χ3n) is 4.68. The van der Waals surface area contributed by atoms with E-state index in [1.54, 1.807) is 6.92 Å². The van der Waals surface area contributed by atoms with Gasteiger partial charge in [-0.2, -0.15) is 18.2 Å². The van der Waals surface area contributed by atoms with E-state index in [-0.39, 0.29) is 37.6 Å². The monoisotopic (exact) mass is 468 g/mol. The predicted molar refractivity (Wildman–Crippen MR) is 102 cm³/mol. The van der Waals surface area contributed by atoms with Gasteiger partial charge in [0.1, 0.15) is 17.2 Å². The van der Waals surface area contributed by atoms with E-state index in [0.29, 0.717) is 12.3 Å². The lowest BCUT2D eigenvalue weighted by atomic mass is 9.94. The predicted octanol–water partition coefficient (Wildman–Crippen LogP) is 3.66. The maximum atomic E-state index is 14.2. The number of halogens is 5. The SMILES string of the molecule is CC1(O)CCN(c2nc(Nc3ccc(S(=O)(=O)Cl)cc3F)ncc2C(F)(F)F)CC1. The summed E-state index contributed by atoms with van der Waals surface area (Å²) < 4.78 is 77.1. The highest BCUT2D eigenvalue weighted by Crippen LogP contribution is 2.37. The molecule has 1 saturated heterocycles. The van der Waals surface area contributed by atoms with E-state index < -0.39 is 42.9 Å². The summed E-state index contributed by atoms with van der Waals surface area (Å²) in [4.78, 5) is 8.43. The Morgan fingerprint density at radius 1 is 1.27 bits per heavy atom. The van der Waals surface area contributed by atoms with E-state index in [2.05, 4.69) is 15.3 Å². The Morgan fingerprint density at radius 2 is 1.90 bits per heavy atom. The molecular weight excluding hydrogens is 452 g/mol. The summed E-state index contributed by atoms with van der Waals surface area (Å²) in [6.45, 7) is 1.89. The van der Waals surface area contributed by atoms with Gasteiger partial charge in [0.05, 0.1) is 16.2 Å². The molecule has 0 spiro atoms. The fraction of sp³-hybridized carbons (Fsp3) is 0.412. The topological polar surface area (TPSA) is 95.4 Å². The Labute approximate surface area is 174 Å². The van der Waals surface area contributed by atoms with Crippen molar-refractivity contribution in [3.63, 3.8) is 0 Å². The molecule has 164 valence electrons. The Bertz CT molecular complexity index is 1050. The standard InChI is InChI=1S/C17H17ClF4N4O3S/c1-16(27)4-6-26(7-5-16)14-11(17(20,21)22)9-23-15(25-14)24-13-3-2-10(8-12(13)19)30(18,28)29/h2-3,8-9,27H,4-7H2,1H3,(H,23,24,25). The number of hydrogen-bond acceptors (Lipinski definition) is 7. The zero-order valence-electron chi connectivity index (χ0n) is 15.5. The van der Waals surface area contributed by atoms with Crippen LogP contribution in [0.15, 0.2) is 29.3 Å². The molecule has 1 fully saturated rings. The number of nitrogens with one attached hydrogen (secondary N) is 1. The summed E-state index contributed by atoms with van der Waals surface area (Å²) in [5.41, 5.74) is -2.28. The molecule has 0 radical (unpaired) electrons. The van der Waals surface area contributed by atoms with Crippen molar-refractivity contribution in [1.82, 2.24) is 9.97 Å². The van der Waals surface area contributed by atoms with Gasteiger partial charge in [0, 0.05) is 30.0 Å². The number of aliphatic hydroxyl groups is 1. The minimum Gasteiger partial charge on any atom is -0.390 e. The lowest BCUT2D eigenvalue weighted by molar-refractivity contribution is -0.137. The van der Waals surface area contributed by atoms with Gasteiger partial charge in [-0.3, -0.25) is 0 Å². The van der Waals surface area contributed by atoms with Crippen LogP contribution in [0.3, 0.4) is 0 Å². The number of piperidine rings is 1. The molecule has 7 nitrogen and oxygen atoms in total. The number of anilines is 3. The quantitative estimate of drug-likeness (QED) is 0.522. The van der Waals surface area contributed by atoms with Gasteiger partial charge in [0.2, 0.25) is 5.95 Å². The summed E-state index contributed by atoms with van der Waals surface area (Å²) in [6, 6.07) is 2.76. The lowest BCUT2D eigenvalue weighted by Gasteiger charge is -2.37. The van der Waals surface area contributed by atoms with Crippen molar-refractivity contribution < 1.29 is 31.1 Å². The van der Waals surface area contributed by atoms with E-state index in [1.165, 1.54) is 4.90 Å². The molecule has 0 amide bonds. The van der Waals surface area contributed by atoms with Crippen LogP contribution in [-0.4, -0.2) is 42.2 Å². The van der Waals surface area contributed by atoms with Crippen LogP contribution in [0.1, 0.15) is 25.3 Å². The second-order valence-corrected chi connectivity index (χ2v) is 9.68. The van der Waals surface area contributed by atoms with Crippen molar-refractivity contribution in [3.8, 4) is 0 Å². The van der Waals surface area contributed by atoms with Crippen LogP contribution in [0.5, 0.6) is 0 Å². The number of aromatic nitrogens is 2. The fourth-order valence-electron chi connectivity index (χ4n) is 2.94. The van der Waals surface area contributed by atoms with Gasteiger partial charge in [-0.1, -0.05) is 0 Å². The van der Waals surface area contributed by atoms with Gasteiger partial charge in [-0.05, 0) is 38.0 Å². The van der Waals surface area contributed by atoms with Crippen LogP contribution < -0.4 is 10.2 Å². The summed E-state index contributed by atoms with van der Waals surface area (Å²) in [5.74, 6) is -1.71. The highest BCUT2D eigenvalue weighted by atomic mass is 35.7. The van der Waals surface area contributed by atoms with E-state index >= 15 is 0 Å². The van der Waals surface area contributed by atoms with Crippen molar-refractivity contribution in [2.75, 3.05) is 23.3 Å². The zero-order chi connectivity index (χ0) is 22.3. The molecule has 13 heteroatoms. The average Bonchev–Trinajstić information content (AvgIpc) is 2.61. The summed E-state index contributed by atoms with van der Waals surface area (Å²) in [7, 11) is 1.01. The number of nitrogens with zero attached hydrogens (tertiary/aromatic N) is 3. The minimum absolute atomic E-state index is 0.142. The van der Waals surface area contributed by atoms with Crippen LogP contribution in [0.2, 0.25) is 0 Å². The van der Waals surface area contributed by atoms with Crippen molar-refractivity contribution in [2.24, 2.45) is 0 Å². The molecule has 30 heavy (non-hydrogen) atoms. The first-order valence-electron chi connectivity index (χ1n) is 8.69. The van der Waals surface area contributed by atoms with Crippen LogP contribution in [0, 0.1) is 5.82 Å². The normalized spacial score (nSPS) is 17.1. The van der Waals surface area contributed by atoms with Crippen molar-refractivity contribution in [3.05, 3.63) is 35.8 Å². The van der Waals surface area contributed by atoms with Gasteiger partial charge in [0.15, 0.2) is 0 Å². The van der Waals surface area contributed by atoms with Crippen LogP contribution in [0.4, 0.5) is 35.0 Å². The van der Waals surface area contributed by atoms with Crippen LogP contribution in [0.25, 0.3) is 0 Å². The molecule has 1 aromatic carbocycles. The van der Waals surface area contributed by atoms with Gasteiger partial charge >= 0.3 is 6.18 Å². The fourth-order valence-corrected chi connectivity index (χ4v) is 3.71. The molecule has 1 aromatic heterocycles. The zero-order valence-corrected chi connectivity index (χ0v) is 17.1. The first kappa shape index (κ1) is 22.5. The van der Waals surface area contributed by atoms with E-state index in [1.807, 2.05) is 0 Å². The smallest absolute Gasteiger partial charge is 0.390 e. The highest BCUT2D eigenvalue weighted by molar-refractivity contribution is 8.13. The van der Waals surface area contributed by atoms with Crippen LogP contribution >= 0.6 is 10.7 Å². The average molecular weight is 469 g/mol. The first-order chi connectivity index (χ1) is 13.8. The van der Waals surface area contributed by atoms with Gasteiger partial charge < -0.3 is 15.3 Å². The highest BCUT2D eigenvalue weighted by Gasteiger charge is 2.38. The van der Waals surface area contributed by atoms with Gasteiger partial charge in [-0.25, -0.2) is 17.8 Å². The summed E-state index contributed by atoms with van der Waals surface area (Å²) >= 11 is 0. The molecule has 0 unspecified atom stereocenters. The molecule has 3 rings (SSSR count). The van der Waals surface area contributed by atoms with Crippen molar-refractivity contribution >= 4 is 37.2 Å². The van der Waals surface area contributed by atoms with Crippen LogP contribution in [-0.2, 0) is 15.2 Å². The van der Waals surface area contributed by atoms with Crippen molar-refractivity contribution in [1.29, 1.82) is 0 Å². The number of benzene rings is 1. The van der Waals surface area contributed by atoms with E-state index in [0.717, 1.165) is 12.1 Å². The molecule has 2 aromatic rings. The molecule has 2 N–H and O–H groups in total. The Kier molecular flexibility index (Phi) is 5.87. The minimum atomic E-state index is -4.71. The molecule has 1 aliphatic rings. The third-order valence-corrected chi connectivity index (χ3v) is 6.03. The molecular formula is C17H17ClF4N4O3S. The molecule has 2 heterocycles. The largest absolute Gasteiger partial charge is 0.421 e. The number of alkyl halides is 3. The molecule has 1 aliphatic heterocycles. The maximum absolute atomic E-state index is 14.2. The van der Waals surface area contributed by atoms with E-state index in [9.17, 15) is 31.1 Å². The lowest BCUT2D eigenvalue weighted by Crippen LogP contribution is -2.43. The molecule has 0 aliphatic carbocycles. The second-order valence-electron chi connectivity index (χ2n) is 7.12. The Hall–Kier alpha value is -2.18. The molecule has 0 saturated carbocycles.